The van der Waals surface area contributed by atoms with Gasteiger partial charge in [-0.15, -0.1) is 0 Å². The van der Waals surface area contributed by atoms with E-state index in [1.807, 2.05) is 6.07 Å². The van der Waals surface area contributed by atoms with Crippen molar-refractivity contribution in [3.63, 3.8) is 0 Å². The normalized spacial score (nSPS) is 10.5. The van der Waals surface area contributed by atoms with Gasteiger partial charge in [0.25, 0.3) is 0 Å². The maximum Gasteiger partial charge on any atom is 0.126 e. The van der Waals surface area contributed by atoms with Crippen LogP contribution in [0.5, 0.6) is 23.0 Å². The minimum absolute atomic E-state index is 0.103. The first-order chi connectivity index (χ1) is 9.06. The van der Waals surface area contributed by atoms with Gasteiger partial charge in [-0.25, -0.2) is 0 Å². The molecule has 0 radical (unpaired) electrons. The first kappa shape index (κ1) is 13.1. The zero-order chi connectivity index (χ0) is 13.8. The lowest BCUT2D eigenvalue weighted by atomic mass is 10.0. The zero-order valence-corrected chi connectivity index (χ0v) is 10.4. The van der Waals surface area contributed by atoms with E-state index >= 15 is 0 Å². The van der Waals surface area contributed by atoms with Gasteiger partial charge in [0.2, 0.25) is 0 Å². The van der Waals surface area contributed by atoms with Crippen LogP contribution < -0.4 is 0 Å². The second-order valence-corrected chi connectivity index (χ2v) is 4.49. The van der Waals surface area contributed by atoms with Crippen LogP contribution in [-0.4, -0.2) is 20.4 Å². The summed E-state index contributed by atoms with van der Waals surface area (Å²) in [7, 11) is 0. The van der Waals surface area contributed by atoms with Gasteiger partial charge in [0, 0.05) is 17.7 Å². The van der Waals surface area contributed by atoms with Gasteiger partial charge in [0.15, 0.2) is 0 Å². The highest BCUT2D eigenvalue weighted by molar-refractivity contribution is 5.48. The number of hydrogen-bond acceptors (Lipinski definition) is 4. The van der Waals surface area contributed by atoms with E-state index in [2.05, 4.69) is 0 Å². The van der Waals surface area contributed by atoms with Crippen LogP contribution in [0.15, 0.2) is 36.4 Å². The van der Waals surface area contributed by atoms with Gasteiger partial charge < -0.3 is 20.4 Å². The Bertz CT molecular complexity index is 555. The Hall–Kier alpha value is -2.36. The quantitative estimate of drug-likeness (QED) is 0.681. The molecule has 0 aliphatic heterocycles. The fourth-order valence-corrected chi connectivity index (χ4v) is 2.06. The highest BCUT2D eigenvalue weighted by Gasteiger charge is 2.09. The molecule has 0 bridgehead atoms. The summed E-state index contributed by atoms with van der Waals surface area (Å²) in [5.41, 5.74) is 1.43. The van der Waals surface area contributed by atoms with E-state index in [0.29, 0.717) is 12.0 Å². The molecule has 2 aromatic rings. The second-order valence-electron chi connectivity index (χ2n) is 4.49. The van der Waals surface area contributed by atoms with Crippen LogP contribution in [0.2, 0.25) is 0 Å². The van der Waals surface area contributed by atoms with Crippen molar-refractivity contribution in [3.05, 3.63) is 47.5 Å². The molecule has 2 rings (SSSR count). The number of aryl methyl sites for hydroxylation is 1. The third kappa shape index (κ3) is 3.31. The molecule has 0 heterocycles. The molecule has 0 spiro atoms. The molecule has 0 aliphatic carbocycles. The van der Waals surface area contributed by atoms with Crippen molar-refractivity contribution in [1.29, 1.82) is 0 Å². The smallest absolute Gasteiger partial charge is 0.126 e. The molecule has 0 atom stereocenters. The predicted molar refractivity (Wildman–Crippen MR) is 71.6 cm³/mol. The molecule has 4 nitrogen and oxygen atoms in total. The van der Waals surface area contributed by atoms with E-state index < -0.39 is 0 Å². The van der Waals surface area contributed by atoms with Gasteiger partial charge >= 0.3 is 0 Å². The second kappa shape index (κ2) is 5.52. The average molecular weight is 260 g/mol. The monoisotopic (exact) mass is 260 g/mol. The highest BCUT2D eigenvalue weighted by atomic mass is 16.3. The molecule has 0 aliphatic rings. The molecular weight excluding hydrogens is 244 g/mol. The Morgan fingerprint density at radius 3 is 2.05 bits per heavy atom. The van der Waals surface area contributed by atoms with Crippen molar-refractivity contribution in [1.82, 2.24) is 0 Å². The molecular formula is C15H16O4. The van der Waals surface area contributed by atoms with Crippen molar-refractivity contribution < 1.29 is 20.4 Å². The van der Waals surface area contributed by atoms with E-state index in [4.69, 9.17) is 0 Å². The molecule has 100 valence electrons. The lowest BCUT2D eigenvalue weighted by Gasteiger charge is -2.08. The van der Waals surface area contributed by atoms with Crippen LogP contribution in [0, 0.1) is 0 Å². The van der Waals surface area contributed by atoms with Crippen molar-refractivity contribution >= 4 is 0 Å². The number of rotatable bonds is 4. The number of aromatic hydroxyl groups is 4. The molecule has 19 heavy (non-hydrogen) atoms. The average Bonchev–Trinajstić information content (AvgIpc) is 2.32. The molecule has 0 unspecified atom stereocenters. The van der Waals surface area contributed by atoms with E-state index in [0.717, 1.165) is 18.4 Å². The SMILES string of the molecule is Oc1cccc(CCCc2c(O)cc(O)cc2O)c1. The number of hydrogen-bond donors (Lipinski definition) is 4. The molecule has 0 amide bonds. The van der Waals surface area contributed by atoms with Crippen molar-refractivity contribution in [2.24, 2.45) is 0 Å². The molecule has 0 aromatic heterocycles. The van der Waals surface area contributed by atoms with Crippen LogP contribution >= 0.6 is 0 Å². The van der Waals surface area contributed by atoms with E-state index in [9.17, 15) is 20.4 Å². The molecule has 2 aromatic carbocycles. The summed E-state index contributed by atoms with van der Waals surface area (Å²) >= 11 is 0. The van der Waals surface area contributed by atoms with Crippen LogP contribution in [0.1, 0.15) is 17.5 Å². The van der Waals surface area contributed by atoms with Crippen LogP contribution in [-0.2, 0) is 12.8 Å². The largest absolute Gasteiger partial charge is 0.508 e. The Morgan fingerprint density at radius 1 is 0.737 bits per heavy atom. The fourth-order valence-electron chi connectivity index (χ4n) is 2.06. The highest BCUT2D eigenvalue weighted by Crippen LogP contribution is 2.33. The minimum Gasteiger partial charge on any atom is -0.508 e. The Morgan fingerprint density at radius 2 is 1.42 bits per heavy atom. The Labute approximate surface area is 111 Å². The van der Waals surface area contributed by atoms with Crippen molar-refractivity contribution in [2.75, 3.05) is 0 Å². The Balaban J connectivity index is 2.00. The van der Waals surface area contributed by atoms with Gasteiger partial charge in [-0.05, 0) is 37.0 Å². The van der Waals surface area contributed by atoms with Gasteiger partial charge in [-0.2, -0.15) is 0 Å². The summed E-state index contributed by atoms with van der Waals surface area (Å²) in [6.45, 7) is 0. The molecule has 0 saturated carbocycles. The van der Waals surface area contributed by atoms with E-state index in [-0.39, 0.29) is 23.0 Å². The van der Waals surface area contributed by atoms with Gasteiger partial charge in [-0.3, -0.25) is 0 Å². The molecule has 4 N–H and O–H groups in total. The van der Waals surface area contributed by atoms with Crippen LogP contribution in [0.4, 0.5) is 0 Å². The predicted octanol–water partition coefficient (Wildman–Crippen LogP) is 2.68. The molecule has 4 heteroatoms. The summed E-state index contributed by atoms with van der Waals surface area (Å²) < 4.78 is 0. The van der Waals surface area contributed by atoms with Gasteiger partial charge in [-0.1, -0.05) is 12.1 Å². The van der Waals surface area contributed by atoms with Gasteiger partial charge in [0.05, 0.1) is 0 Å². The van der Waals surface area contributed by atoms with Crippen LogP contribution in [0.25, 0.3) is 0 Å². The maximum atomic E-state index is 9.65. The lowest BCUT2D eigenvalue weighted by molar-refractivity contribution is 0.418. The van der Waals surface area contributed by atoms with Gasteiger partial charge in [0.1, 0.15) is 23.0 Å². The van der Waals surface area contributed by atoms with E-state index in [1.165, 1.54) is 12.1 Å². The van der Waals surface area contributed by atoms with Crippen molar-refractivity contribution in [2.45, 2.75) is 19.3 Å². The summed E-state index contributed by atoms with van der Waals surface area (Å²) in [6.07, 6.45) is 1.94. The molecule has 0 fully saturated rings. The molecule has 0 saturated heterocycles. The Kier molecular flexibility index (Phi) is 3.80. The third-order valence-electron chi connectivity index (χ3n) is 2.99. The van der Waals surface area contributed by atoms with Crippen molar-refractivity contribution in [3.8, 4) is 23.0 Å². The summed E-state index contributed by atoms with van der Waals surface area (Å²) in [4.78, 5) is 0. The first-order valence-electron chi connectivity index (χ1n) is 6.08. The first-order valence-corrected chi connectivity index (χ1v) is 6.08. The topological polar surface area (TPSA) is 80.9 Å². The fraction of sp³-hybridized carbons (Fsp3) is 0.200. The van der Waals surface area contributed by atoms with E-state index in [1.54, 1.807) is 18.2 Å². The number of benzene rings is 2. The summed E-state index contributed by atoms with van der Waals surface area (Å²) in [5.74, 6) is -0.138. The summed E-state index contributed by atoms with van der Waals surface area (Å²) in [5, 5.41) is 37.9. The zero-order valence-electron chi connectivity index (χ0n) is 10.4. The standard InChI is InChI=1S/C15H16O4/c16-11-5-1-3-10(7-11)4-2-6-13-14(18)8-12(17)9-15(13)19/h1,3,5,7-9,16-19H,2,4,6H2. The summed E-state index contributed by atoms with van der Waals surface area (Å²) in [6, 6.07) is 9.42. The lowest BCUT2D eigenvalue weighted by Crippen LogP contribution is -1.91. The number of phenolic OH excluding ortho intramolecular Hbond substituents is 4. The maximum absolute atomic E-state index is 9.65. The van der Waals surface area contributed by atoms with Crippen LogP contribution in [0.3, 0.4) is 0 Å². The minimum atomic E-state index is -0.160. The third-order valence-corrected chi connectivity index (χ3v) is 2.99. The number of phenols is 4.